The largest absolute Gasteiger partial charge is 0.329 e. The fraction of sp³-hybridized carbons (Fsp3) is 0.538. The molecule has 0 radical (unpaired) electrons. The van der Waals surface area contributed by atoms with Crippen molar-refractivity contribution in [3.63, 3.8) is 0 Å². The first kappa shape index (κ1) is 12.0. The Hall–Kier alpha value is -1.42. The molecule has 1 aliphatic heterocycles. The van der Waals surface area contributed by atoms with Gasteiger partial charge in [0.05, 0.1) is 23.1 Å². The number of benzene rings is 1. The molecule has 1 aromatic carbocycles. The number of likely N-dealkylation sites (tertiary alicyclic amines) is 1. The van der Waals surface area contributed by atoms with Crippen molar-refractivity contribution in [2.45, 2.75) is 38.8 Å². The Bertz CT molecular complexity index is 406. The van der Waals surface area contributed by atoms with Crippen LogP contribution in [0.3, 0.4) is 0 Å². The van der Waals surface area contributed by atoms with Crippen molar-refractivity contribution in [2.75, 3.05) is 6.54 Å². The smallest absolute Gasteiger partial charge is 0.278 e. The summed E-state index contributed by atoms with van der Waals surface area (Å²) in [7, 11) is 0. The van der Waals surface area contributed by atoms with Gasteiger partial charge >= 0.3 is 0 Å². The number of rotatable bonds is 3. The zero-order valence-electron chi connectivity index (χ0n) is 10.2. The maximum Gasteiger partial charge on any atom is 0.278 e. The average Bonchev–Trinajstić information content (AvgIpc) is 2.32. The second-order valence-corrected chi connectivity index (χ2v) is 4.87. The molecule has 0 aliphatic carbocycles. The number of nitro benzene ring substituents is 1. The normalized spacial score (nSPS) is 24.5. The minimum Gasteiger partial charge on any atom is -0.329 e. The predicted octanol–water partition coefficient (Wildman–Crippen LogP) is 1.55. The first-order chi connectivity index (χ1) is 8.18. The fourth-order valence-electron chi connectivity index (χ4n) is 2.60. The second kappa shape index (κ2) is 5.27. The highest BCUT2D eigenvalue weighted by atomic mass is 16.6. The molecule has 1 aromatic rings. The van der Waals surface area contributed by atoms with Crippen LogP contribution >= 0.6 is 0 Å². The van der Waals surface area contributed by atoms with Gasteiger partial charge in [0.1, 0.15) is 6.54 Å². The lowest BCUT2D eigenvalue weighted by Crippen LogP contribution is -3.14. The number of nitrogens with one attached hydrogen (secondary N) is 1. The molecule has 1 aliphatic rings. The lowest BCUT2D eigenvalue weighted by Gasteiger charge is -2.30. The molecule has 0 amide bonds. The van der Waals surface area contributed by atoms with Gasteiger partial charge in [-0.3, -0.25) is 10.1 Å². The molecule has 4 heteroatoms. The molecule has 92 valence electrons. The van der Waals surface area contributed by atoms with Gasteiger partial charge in [-0.05, 0) is 32.3 Å². The fourth-order valence-corrected chi connectivity index (χ4v) is 2.60. The monoisotopic (exact) mass is 235 g/mol. The highest BCUT2D eigenvalue weighted by molar-refractivity contribution is 5.39. The van der Waals surface area contributed by atoms with Crippen LogP contribution in [0.25, 0.3) is 0 Å². The van der Waals surface area contributed by atoms with Gasteiger partial charge in [0.25, 0.3) is 5.69 Å². The molecule has 0 bridgehead atoms. The quantitative estimate of drug-likeness (QED) is 0.638. The Balaban J connectivity index is 2.14. The summed E-state index contributed by atoms with van der Waals surface area (Å²) in [4.78, 5) is 12.1. The maximum atomic E-state index is 10.9. The molecule has 1 saturated heterocycles. The van der Waals surface area contributed by atoms with Crippen molar-refractivity contribution < 1.29 is 9.82 Å². The van der Waals surface area contributed by atoms with E-state index in [0.717, 1.165) is 18.7 Å². The molecule has 4 nitrogen and oxygen atoms in total. The van der Waals surface area contributed by atoms with Crippen LogP contribution in [-0.4, -0.2) is 17.5 Å². The van der Waals surface area contributed by atoms with E-state index in [1.54, 1.807) is 12.1 Å². The van der Waals surface area contributed by atoms with Gasteiger partial charge in [0, 0.05) is 6.07 Å². The third-order valence-electron chi connectivity index (χ3n) is 3.69. The first-order valence-electron chi connectivity index (χ1n) is 6.25. The number of hydrogen-bond acceptors (Lipinski definition) is 2. The molecule has 1 N–H and O–H groups in total. The number of nitro groups is 1. The van der Waals surface area contributed by atoms with Gasteiger partial charge in [0.2, 0.25) is 0 Å². The zero-order valence-corrected chi connectivity index (χ0v) is 10.2. The van der Waals surface area contributed by atoms with Crippen molar-refractivity contribution in [1.82, 2.24) is 0 Å². The van der Waals surface area contributed by atoms with Crippen molar-refractivity contribution in [3.05, 3.63) is 39.9 Å². The van der Waals surface area contributed by atoms with E-state index in [2.05, 4.69) is 6.92 Å². The third-order valence-corrected chi connectivity index (χ3v) is 3.69. The Morgan fingerprint density at radius 2 is 2.18 bits per heavy atom. The van der Waals surface area contributed by atoms with Crippen LogP contribution in [0.2, 0.25) is 0 Å². The molecule has 1 fully saturated rings. The molecule has 2 rings (SSSR count). The molecule has 2 atom stereocenters. The van der Waals surface area contributed by atoms with Gasteiger partial charge in [-0.2, -0.15) is 0 Å². The number of quaternary nitrogens is 1. The van der Waals surface area contributed by atoms with Crippen LogP contribution < -0.4 is 4.90 Å². The van der Waals surface area contributed by atoms with E-state index in [4.69, 9.17) is 0 Å². The summed E-state index contributed by atoms with van der Waals surface area (Å²) in [5.41, 5.74) is 1.12. The standard InChI is InChI=1S/C13H18N2O2/c1-11-6-4-5-9-14(11)10-12-7-2-3-8-13(12)15(16)17/h2-3,7-8,11H,4-6,9-10H2,1H3/p+1/t11-/m1/s1. The first-order valence-corrected chi connectivity index (χ1v) is 6.25. The number of piperidine rings is 1. The van der Waals surface area contributed by atoms with Crippen LogP contribution in [0.4, 0.5) is 5.69 Å². The van der Waals surface area contributed by atoms with E-state index < -0.39 is 0 Å². The van der Waals surface area contributed by atoms with Crippen LogP contribution in [0, 0.1) is 10.1 Å². The van der Waals surface area contributed by atoms with E-state index in [1.165, 1.54) is 24.2 Å². The summed E-state index contributed by atoms with van der Waals surface area (Å²) >= 11 is 0. The van der Waals surface area contributed by atoms with Gasteiger partial charge in [-0.15, -0.1) is 0 Å². The van der Waals surface area contributed by atoms with E-state index in [9.17, 15) is 10.1 Å². The molecular formula is C13H19N2O2+. The van der Waals surface area contributed by atoms with E-state index in [1.807, 2.05) is 12.1 Å². The second-order valence-electron chi connectivity index (χ2n) is 4.87. The van der Waals surface area contributed by atoms with Crippen molar-refractivity contribution in [3.8, 4) is 0 Å². The Labute approximate surface area is 101 Å². The van der Waals surface area contributed by atoms with Crippen molar-refractivity contribution in [1.29, 1.82) is 0 Å². The summed E-state index contributed by atoms with van der Waals surface area (Å²) < 4.78 is 0. The van der Waals surface area contributed by atoms with Crippen LogP contribution in [0.1, 0.15) is 31.7 Å². The Morgan fingerprint density at radius 1 is 1.41 bits per heavy atom. The number of para-hydroxylation sites is 1. The molecule has 0 saturated carbocycles. The van der Waals surface area contributed by atoms with Crippen LogP contribution in [0.15, 0.2) is 24.3 Å². The van der Waals surface area contributed by atoms with Gasteiger partial charge in [0.15, 0.2) is 0 Å². The molecule has 17 heavy (non-hydrogen) atoms. The summed E-state index contributed by atoms with van der Waals surface area (Å²) in [5, 5.41) is 10.9. The lowest BCUT2D eigenvalue weighted by molar-refractivity contribution is -0.942. The van der Waals surface area contributed by atoms with Gasteiger partial charge in [-0.1, -0.05) is 12.1 Å². The topological polar surface area (TPSA) is 47.6 Å². The molecular weight excluding hydrogens is 216 g/mol. The predicted molar refractivity (Wildman–Crippen MR) is 65.9 cm³/mol. The minimum absolute atomic E-state index is 0.262. The molecule has 1 heterocycles. The summed E-state index contributed by atoms with van der Waals surface area (Å²) in [6.45, 7) is 4.15. The summed E-state index contributed by atoms with van der Waals surface area (Å²) in [6, 6.07) is 7.71. The van der Waals surface area contributed by atoms with Gasteiger partial charge in [-0.25, -0.2) is 0 Å². The molecule has 0 spiro atoms. The summed E-state index contributed by atoms with van der Waals surface area (Å²) in [5.74, 6) is 0. The van der Waals surface area contributed by atoms with E-state index >= 15 is 0 Å². The maximum absolute atomic E-state index is 10.9. The Morgan fingerprint density at radius 3 is 2.88 bits per heavy atom. The molecule has 1 unspecified atom stereocenters. The van der Waals surface area contributed by atoms with Gasteiger partial charge < -0.3 is 4.90 Å². The SMILES string of the molecule is C[C@@H]1CCCC[NH+]1Cc1ccccc1[N+](=O)[O-]. The average molecular weight is 235 g/mol. The number of hydrogen-bond donors (Lipinski definition) is 1. The van der Waals surface area contributed by atoms with Crippen molar-refractivity contribution >= 4 is 5.69 Å². The Kier molecular flexibility index (Phi) is 3.74. The molecule has 0 aromatic heterocycles. The van der Waals surface area contributed by atoms with E-state index in [0.29, 0.717) is 6.04 Å². The third kappa shape index (κ3) is 2.82. The summed E-state index contributed by atoms with van der Waals surface area (Å²) in [6.07, 6.45) is 3.76. The highest BCUT2D eigenvalue weighted by Crippen LogP contribution is 2.17. The number of nitrogens with zero attached hydrogens (tertiary/aromatic N) is 1. The lowest BCUT2D eigenvalue weighted by atomic mass is 10.0. The van der Waals surface area contributed by atoms with Crippen molar-refractivity contribution in [2.24, 2.45) is 0 Å². The van der Waals surface area contributed by atoms with Crippen LogP contribution in [-0.2, 0) is 6.54 Å². The zero-order chi connectivity index (χ0) is 12.3. The highest BCUT2D eigenvalue weighted by Gasteiger charge is 2.24. The van der Waals surface area contributed by atoms with E-state index in [-0.39, 0.29) is 10.6 Å². The van der Waals surface area contributed by atoms with Crippen LogP contribution in [0.5, 0.6) is 0 Å². The minimum atomic E-state index is -0.274.